The zero-order valence-corrected chi connectivity index (χ0v) is 15.5. The zero-order valence-electron chi connectivity index (χ0n) is 15.5. The lowest BCUT2D eigenvalue weighted by Gasteiger charge is -2.07. The first-order valence-corrected chi connectivity index (χ1v) is 9.06. The largest absolute Gasteiger partial charge is 0.294 e. The van der Waals surface area contributed by atoms with Crippen molar-refractivity contribution in [2.45, 2.75) is 12.8 Å². The highest BCUT2D eigenvalue weighted by Gasteiger charge is 2.11. The highest BCUT2D eigenvalue weighted by atomic mass is 19.1. The predicted molar refractivity (Wildman–Crippen MR) is 107 cm³/mol. The number of rotatable bonds is 6. The molecule has 3 aromatic rings. The summed E-state index contributed by atoms with van der Waals surface area (Å²) in [4.78, 5) is 36.0. The minimum atomic E-state index is -0.568. The Hall–Kier alpha value is -3.80. The van der Waals surface area contributed by atoms with Crippen LogP contribution < -0.4 is 10.9 Å². The van der Waals surface area contributed by atoms with Crippen LogP contribution in [0.25, 0.3) is 11.1 Å². The molecule has 0 aliphatic carbocycles. The van der Waals surface area contributed by atoms with E-state index in [2.05, 4.69) is 10.9 Å². The molecule has 29 heavy (non-hydrogen) atoms. The Morgan fingerprint density at radius 1 is 0.655 bits per heavy atom. The highest BCUT2D eigenvalue weighted by Crippen LogP contribution is 2.19. The van der Waals surface area contributed by atoms with Gasteiger partial charge in [-0.1, -0.05) is 54.6 Å². The number of halogens is 1. The summed E-state index contributed by atoms with van der Waals surface area (Å²) in [5.41, 5.74) is 7.28. The van der Waals surface area contributed by atoms with Crippen molar-refractivity contribution >= 4 is 17.6 Å². The van der Waals surface area contributed by atoms with Gasteiger partial charge in [-0.2, -0.15) is 0 Å². The average Bonchev–Trinajstić information content (AvgIpc) is 2.77. The molecule has 0 spiro atoms. The molecule has 0 bridgehead atoms. The van der Waals surface area contributed by atoms with Crippen LogP contribution >= 0.6 is 0 Å². The molecule has 146 valence electrons. The number of nitrogens with one attached hydrogen (secondary N) is 2. The third-order valence-electron chi connectivity index (χ3n) is 4.31. The van der Waals surface area contributed by atoms with Crippen molar-refractivity contribution in [2.75, 3.05) is 0 Å². The topological polar surface area (TPSA) is 75.3 Å². The number of amides is 2. The van der Waals surface area contributed by atoms with E-state index in [1.807, 2.05) is 42.5 Å². The molecular weight excluding hydrogens is 371 g/mol. The summed E-state index contributed by atoms with van der Waals surface area (Å²) in [6.07, 6.45) is -0.0497. The Kier molecular flexibility index (Phi) is 6.47. The summed E-state index contributed by atoms with van der Waals surface area (Å²) in [6.45, 7) is 0. The van der Waals surface area contributed by atoms with E-state index in [1.54, 1.807) is 12.1 Å². The summed E-state index contributed by atoms with van der Waals surface area (Å²) in [7, 11) is 0. The van der Waals surface area contributed by atoms with Gasteiger partial charge < -0.3 is 0 Å². The van der Waals surface area contributed by atoms with E-state index in [-0.39, 0.29) is 24.2 Å². The Labute approximate surface area is 167 Å². The Morgan fingerprint density at radius 3 is 1.90 bits per heavy atom. The first-order valence-electron chi connectivity index (χ1n) is 9.06. The van der Waals surface area contributed by atoms with Gasteiger partial charge in [-0.25, -0.2) is 4.39 Å². The SMILES string of the molecule is O=C(CCC(=O)c1ccc(-c2ccccc2)cc1)NNC(=O)c1ccc(F)cc1. The molecule has 3 aromatic carbocycles. The second-order valence-electron chi connectivity index (χ2n) is 6.38. The minimum absolute atomic E-state index is 0.0168. The van der Waals surface area contributed by atoms with E-state index in [9.17, 15) is 18.8 Å². The van der Waals surface area contributed by atoms with Crippen molar-refractivity contribution in [3.63, 3.8) is 0 Å². The second kappa shape index (κ2) is 9.41. The van der Waals surface area contributed by atoms with Crippen molar-refractivity contribution in [3.8, 4) is 11.1 Å². The fourth-order valence-corrected chi connectivity index (χ4v) is 2.71. The molecule has 0 aliphatic rings. The van der Waals surface area contributed by atoms with Gasteiger partial charge in [-0.15, -0.1) is 0 Å². The second-order valence-corrected chi connectivity index (χ2v) is 6.38. The van der Waals surface area contributed by atoms with Gasteiger partial charge in [-0.05, 0) is 35.4 Å². The number of benzene rings is 3. The summed E-state index contributed by atoms with van der Waals surface area (Å²) >= 11 is 0. The van der Waals surface area contributed by atoms with Gasteiger partial charge in [-0.3, -0.25) is 25.2 Å². The van der Waals surface area contributed by atoms with E-state index in [0.29, 0.717) is 5.56 Å². The molecule has 0 radical (unpaired) electrons. The van der Waals surface area contributed by atoms with Crippen LogP contribution in [0.1, 0.15) is 33.6 Å². The van der Waals surface area contributed by atoms with Crippen molar-refractivity contribution in [1.82, 2.24) is 10.9 Å². The molecule has 0 saturated heterocycles. The summed E-state index contributed by atoms with van der Waals surface area (Å²) in [5.74, 6) is -1.68. The van der Waals surface area contributed by atoms with E-state index >= 15 is 0 Å². The van der Waals surface area contributed by atoms with Gasteiger partial charge in [0.1, 0.15) is 5.82 Å². The number of Topliss-reactive ketones (excluding diaryl/α,β-unsaturated/α-hetero) is 1. The molecule has 6 heteroatoms. The Morgan fingerprint density at radius 2 is 1.24 bits per heavy atom. The highest BCUT2D eigenvalue weighted by molar-refractivity contribution is 5.99. The van der Waals surface area contributed by atoms with Crippen molar-refractivity contribution in [2.24, 2.45) is 0 Å². The third-order valence-corrected chi connectivity index (χ3v) is 4.31. The monoisotopic (exact) mass is 390 g/mol. The van der Waals surface area contributed by atoms with Crippen molar-refractivity contribution < 1.29 is 18.8 Å². The normalized spacial score (nSPS) is 10.2. The molecule has 3 rings (SSSR count). The molecule has 2 N–H and O–H groups in total. The number of carbonyl (C=O) groups is 3. The average molecular weight is 390 g/mol. The molecule has 0 saturated carbocycles. The Balaban J connectivity index is 1.46. The summed E-state index contributed by atoms with van der Waals surface area (Å²) in [5, 5.41) is 0. The van der Waals surface area contributed by atoms with E-state index in [1.165, 1.54) is 12.1 Å². The molecular formula is C23H19FN2O3. The lowest BCUT2D eigenvalue weighted by atomic mass is 10.0. The van der Waals surface area contributed by atoms with Crippen LogP contribution in [0.5, 0.6) is 0 Å². The van der Waals surface area contributed by atoms with Crippen LogP contribution in [0.15, 0.2) is 78.9 Å². The summed E-state index contributed by atoms with van der Waals surface area (Å²) in [6, 6.07) is 21.9. The quantitative estimate of drug-likeness (QED) is 0.495. The molecule has 0 aromatic heterocycles. The number of hydrogen-bond donors (Lipinski definition) is 2. The molecule has 0 unspecified atom stereocenters. The van der Waals surface area contributed by atoms with Crippen LogP contribution in [-0.4, -0.2) is 17.6 Å². The first-order chi connectivity index (χ1) is 14.0. The Bertz CT molecular complexity index is 1000. The predicted octanol–water partition coefficient (Wildman–Crippen LogP) is 3.92. The molecule has 0 fully saturated rings. The van der Waals surface area contributed by atoms with Crippen LogP contribution in [0.4, 0.5) is 4.39 Å². The maximum Gasteiger partial charge on any atom is 0.269 e. The van der Waals surface area contributed by atoms with Gasteiger partial charge in [0.05, 0.1) is 0 Å². The van der Waals surface area contributed by atoms with Crippen LogP contribution in [-0.2, 0) is 4.79 Å². The van der Waals surface area contributed by atoms with E-state index in [4.69, 9.17) is 0 Å². The third kappa shape index (κ3) is 5.59. The molecule has 5 nitrogen and oxygen atoms in total. The first kappa shape index (κ1) is 19.9. The number of hydrazine groups is 1. The minimum Gasteiger partial charge on any atom is -0.294 e. The number of ketones is 1. The summed E-state index contributed by atoms with van der Waals surface area (Å²) < 4.78 is 12.9. The van der Waals surface area contributed by atoms with Crippen LogP contribution in [0.3, 0.4) is 0 Å². The fraction of sp³-hybridized carbons (Fsp3) is 0.0870. The van der Waals surface area contributed by atoms with Crippen LogP contribution in [0.2, 0.25) is 0 Å². The van der Waals surface area contributed by atoms with Gasteiger partial charge in [0.15, 0.2) is 5.78 Å². The smallest absolute Gasteiger partial charge is 0.269 e. The van der Waals surface area contributed by atoms with Crippen molar-refractivity contribution in [3.05, 3.63) is 95.8 Å². The van der Waals surface area contributed by atoms with Crippen LogP contribution in [0, 0.1) is 5.82 Å². The molecule has 0 heterocycles. The zero-order chi connectivity index (χ0) is 20.6. The lowest BCUT2D eigenvalue weighted by molar-refractivity contribution is -0.121. The molecule has 2 amide bonds. The maximum atomic E-state index is 12.9. The standard InChI is InChI=1S/C23H19FN2O3/c24-20-12-10-19(11-13-20)23(29)26-25-22(28)15-14-21(27)18-8-6-17(7-9-18)16-4-2-1-3-5-16/h1-13H,14-15H2,(H,25,28)(H,26,29). The number of hydrogen-bond acceptors (Lipinski definition) is 3. The molecule has 0 atom stereocenters. The lowest BCUT2D eigenvalue weighted by Crippen LogP contribution is -2.41. The number of carbonyl (C=O) groups excluding carboxylic acids is 3. The van der Waals surface area contributed by atoms with E-state index < -0.39 is 17.6 Å². The van der Waals surface area contributed by atoms with Gasteiger partial charge >= 0.3 is 0 Å². The van der Waals surface area contributed by atoms with Gasteiger partial charge in [0.2, 0.25) is 5.91 Å². The van der Waals surface area contributed by atoms with E-state index in [0.717, 1.165) is 23.3 Å². The maximum absolute atomic E-state index is 12.9. The fourth-order valence-electron chi connectivity index (χ4n) is 2.71. The molecule has 0 aliphatic heterocycles. The van der Waals surface area contributed by atoms with Crippen molar-refractivity contribution in [1.29, 1.82) is 0 Å². The van der Waals surface area contributed by atoms with Gasteiger partial charge in [0.25, 0.3) is 5.91 Å². The van der Waals surface area contributed by atoms with Gasteiger partial charge in [0, 0.05) is 24.0 Å².